The normalized spacial score (nSPS) is 10.4. The van der Waals surface area contributed by atoms with Gasteiger partial charge in [-0.3, -0.25) is 9.59 Å². The summed E-state index contributed by atoms with van der Waals surface area (Å²) >= 11 is 5.99. The SMILES string of the molecule is COc1ccc(C)cc1NC(=O)CCN(CCc1cccc(Cl)c1)C(C)=O. The van der Waals surface area contributed by atoms with E-state index in [0.29, 0.717) is 36.0 Å². The highest BCUT2D eigenvalue weighted by molar-refractivity contribution is 6.30. The van der Waals surface area contributed by atoms with Crippen LogP contribution < -0.4 is 10.1 Å². The Kier molecular flexibility index (Phi) is 7.67. The maximum atomic E-state index is 12.3. The van der Waals surface area contributed by atoms with Gasteiger partial charge in [-0.15, -0.1) is 0 Å². The predicted molar refractivity (Wildman–Crippen MR) is 108 cm³/mol. The van der Waals surface area contributed by atoms with Crippen molar-refractivity contribution >= 4 is 29.1 Å². The van der Waals surface area contributed by atoms with Gasteiger partial charge in [0.25, 0.3) is 0 Å². The summed E-state index contributed by atoms with van der Waals surface area (Å²) in [6, 6.07) is 13.2. The second-order valence-corrected chi connectivity index (χ2v) is 6.82. The van der Waals surface area contributed by atoms with E-state index in [1.165, 1.54) is 6.92 Å². The van der Waals surface area contributed by atoms with Gasteiger partial charge in [-0.2, -0.15) is 0 Å². The molecule has 27 heavy (non-hydrogen) atoms. The average Bonchev–Trinajstić information content (AvgIpc) is 2.61. The van der Waals surface area contributed by atoms with E-state index in [1.807, 2.05) is 49.4 Å². The van der Waals surface area contributed by atoms with Crippen LogP contribution in [0.5, 0.6) is 5.75 Å². The number of rotatable bonds is 8. The molecule has 2 rings (SSSR count). The number of benzene rings is 2. The molecule has 0 bridgehead atoms. The van der Waals surface area contributed by atoms with Crippen LogP contribution in [-0.4, -0.2) is 36.9 Å². The van der Waals surface area contributed by atoms with Crippen molar-refractivity contribution in [2.75, 3.05) is 25.5 Å². The Morgan fingerprint density at radius 1 is 1.15 bits per heavy atom. The van der Waals surface area contributed by atoms with Crippen molar-refractivity contribution in [3.8, 4) is 5.75 Å². The van der Waals surface area contributed by atoms with E-state index in [0.717, 1.165) is 11.1 Å². The molecule has 0 fully saturated rings. The van der Waals surface area contributed by atoms with Crippen LogP contribution in [0.25, 0.3) is 0 Å². The molecular weight excluding hydrogens is 364 g/mol. The highest BCUT2D eigenvalue weighted by atomic mass is 35.5. The van der Waals surface area contributed by atoms with Gasteiger partial charge in [-0.25, -0.2) is 0 Å². The molecule has 2 aromatic carbocycles. The van der Waals surface area contributed by atoms with E-state index in [9.17, 15) is 9.59 Å². The summed E-state index contributed by atoms with van der Waals surface area (Å²) in [6.07, 6.45) is 0.902. The Hall–Kier alpha value is -2.53. The molecule has 0 aliphatic heterocycles. The molecule has 2 aromatic rings. The number of anilines is 1. The molecule has 0 spiro atoms. The zero-order chi connectivity index (χ0) is 19.8. The molecule has 0 radical (unpaired) electrons. The summed E-state index contributed by atoms with van der Waals surface area (Å²) in [5.41, 5.74) is 2.72. The molecular formula is C21H25ClN2O3. The first-order chi connectivity index (χ1) is 12.9. The Bertz CT molecular complexity index is 808. The van der Waals surface area contributed by atoms with Gasteiger partial charge in [0.1, 0.15) is 5.75 Å². The Morgan fingerprint density at radius 2 is 1.93 bits per heavy atom. The number of nitrogens with zero attached hydrogens (tertiary/aromatic N) is 1. The zero-order valence-corrected chi connectivity index (χ0v) is 16.7. The fraction of sp³-hybridized carbons (Fsp3) is 0.333. The lowest BCUT2D eigenvalue weighted by Gasteiger charge is -2.21. The number of ether oxygens (including phenoxy) is 1. The quantitative estimate of drug-likeness (QED) is 0.741. The monoisotopic (exact) mass is 388 g/mol. The van der Waals surface area contributed by atoms with Gasteiger partial charge in [0.05, 0.1) is 12.8 Å². The van der Waals surface area contributed by atoms with Crippen LogP contribution in [0, 0.1) is 6.92 Å². The lowest BCUT2D eigenvalue weighted by molar-refractivity contribution is -0.129. The minimum absolute atomic E-state index is 0.0574. The number of methoxy groups -OCH3 is 1. The van der Waals surface area contributed by atoms with Crippen LogP contribution in [0.1, 0.15) is 24.5 Å². The van der Waals surface area contributed by atoms with Crippen molar-refractivity contribution < 1.29 is 14.3 Å². The molecule has 0 unspecified atom stereocenters. The van der Waals surface area contributed by atoms with E-state index in [2.05, 4.69) is 5.32 Å². The van der Waals surface area contributed by atoms with Gasteiger partial charge in [-0.1, -0.05) is 29.8 Å². The third-order valence-corrected chi connectivity index (χ3v) is 4.48. The number of aryl methyl sites for hydroxylation is 1. The van der Waals surface area contributed by atoms with E-state index < -0.39 is 0 Å². The molecule has 1 N–H and O–H groups in total. The Labute approximate surface area is 165 Å². The number of carbonyl (C=O) groups excluding carboxylic acids is 2. The molecule has 0 aromatic heterocycles. The van der Waals surface area contributed by atoms with Crippen molar-refractivity contribution in [2.45, 2.75) is 26.7 Å². The number of nitrogens with one attached hydrogen (secondary N) is 1. The molecule has 5 nitrogen and oxygen atoms in total. The number of halogens is 1. The average molecular weight is 389 g/mol. The maximum Gasteiger partial charge on any atom is 0.226 e. The van der Waals surface area contributed by atoms with Gasteiger partial charge < -0.3 is 15.0 Å². The molecule has 2 amide bonds. The van der Waals surface area contributed by atoms with Gasteiger partial charge >= 0.3 is 0 Å². The molecule has 0 atom stereocenters. The minimum Gasteiger partial charge on any atom is -0.495 e. The third-order valence-electron chi connectivity index (χ3n) is 4.24. The van der Waals surface area contributed by atoms with Crippen molar-refractivity contribution in [3.05, 3.63) is 58.6 Å². The van der Waals surface area contributed by atoms with Crippen molar-refractivity contribution in [1.82, 2.24) is 4.90 Å². The van der Waals surface area contributed by atoms with Crippen LogP contribution in [-0.2, 0) is 16.0 Å². The van der Waals surface area contributed by atoms with Crippen LogP contribution in [0.3, 0.4) is 0 Å². The molecule has 6 heteroatoms. The first kappa shape index (κ1) is 20.8. The van der Waals surface area contributed by atoms with Crippen LogP contribution in [0.2, 0.25) is 5.02 Å². The largest absolute Gasteiger partial charge is 0.495 e. The van der Waals surface area contributed by atoms with Crippen molar-refractivity contribution in [3.63, 3.8) is 0 Å². The highest BCUT2D eigenvalue weighted by Crippen LogP contribution is 2.25. The van der Waals surface area contributed by atoms with E-state index in [-0.39, 0.29) is 18.2 Å². The van der Waals surface area contributed by atoms with Crippen LogP contribution >= 0.6 is 11.6 Å². The highest BCUT2D eigenvalue weighted by Gasteiger charge is 2.13. The van der Waals surface area contributed by atoms with Crippen molar-refractivity contribution in [2.24, 2.45) is 0 Å². The lowest BCUT2D eigenvalue weighted by atomic mass is 10.1. The molecule has 0 aliphatic rings. The van der Waals surface area contributed by atoms with Gasteiger partial charge in [0.2, 0.25) is 11.8 Å². The third kappa shape index (κ3) is 6.61. The molecule has 0 saturated carbocycles. The fourth-order valence-corrected chi connectivity index (χ4v) is 2.96. The minimum atomic E-state index is -0.159. The summed E-state index contributed by atoms with van der Waals surface area (Å²) < 4.78 is 5.27. The summed E-state index contributed by atoms with van der Waals surface area (Å²) in [5.74, 6) is 0.393. The summed E-state index contributed by atoms with van der Waals surface area (Å²) in [7, 11) is 1.56. The van der Waals surface area contributed by atoms with Crippen molar-refractivity contribution in [1.29, 1.82) is 0 Å². The lowest BCUT2D eigenvalue weighted by Crippen LogP contribution is -2.33. The predicted octanol–water partition coefficient (Wildman–Crippen LogP) is 4.08. The fourth-order valence-electron chi connectivity index (χ4n) is 2.75. The molecule has 0 aliphatic carbocycles. The number of carbonyl (C=O) groups is 2. The summed E-state index contributed by atoms with van der Waals surface area (Å²) in [5, 5.41) is 3.53. The molecule has 144 valence electrons. The molecule has 0 saturated heterocycles. The smallest absolute Gasteiger partial charge is 0.226 e. The second kappa shape index (κ2) is 9.97. The first-order valence-corrected chi connectivity index (χ1v) is 9.21. The molecule has 0 heterocycles. The van der Waals surface area contributed by atoms with Gasteiger partial charge in [0, 0.05) is 31.5 Å². The zero-order valence-electron chi connectivity index (χ0n) is 15.9. The van der Waals surface area contributed by atoms with Gasteiger partial charge in [-0.05, 0) is 48.7 Å². The number of hydrogen-bond acceptors (Lipinski definition) is 3. The second-order valence-electron chi connectivity index (χ2n) is 6.39. The standard InChI is InChI=1S/C21H25ClN2O3/c1-15-7-8-20(27-3)19(13-15)23-21(26)10-12-24(16(2)25)11-9-17-5-4-6-18(22)14-17/h4-8,13-14H,9-12H2,1-3H3,(H,23,26). The summed E-state index contributed by atoms with van der Waals surface area (Å²) in [6.45, 7) is 4.36. The van der Waals surface area contributed by atoms with E-state index in [1.54, 1.807) is 12.0 Å². The van der Waals surface area contributed by atoms with E-state index >= 15 is 0 Å². The number of amides is 2. The number of hydrogen-bond donors (Lipinski definition) is 1. The Balaban J connectivity index is 1.90. The Morgan fingerprint density at radius 3 is 2.59 bits per heavy atom. The maximum absolute atomic E-state index is 12.3. The van der Waals surface area contributed by atoms with Gasteiger partial charge in [0.15, 0.2) is 0 Å². The topological polar surface area (TPSA) is 58.6 Å². The van der Waals surface area contributed by atoms with Crippen LogP contribution in [0.4, 0.5) is 5.69 Å². The van der Waals surface area contributed by atoms with Crippen LogP contribution in [0.15, 0.2) is 42.5 Å². The first-order valence-electron chi connectivity index (χ1n) is 8.83. The van der Waals surface area contributed by atoms with E-state index in [4.69, 9.17) is 16.3 Å². The summed E-state index contributed by atoms with van der Waals surface area (Å²) in [4.78, 5) is 25.9.